The molecule has 0 aliphatic carbocycles. The monoisotopic (exact) mass is 385 g/mol. The third kappa shape index (κ3) is 3.75. The van der Waals surface area contributed by atoms with Crippen LogP contribution >= 0.6 is 0 Å². The number of anilines is 1. The number of fused-ring (bicyclic) bond motifs is 1. The first-order valence-electron chi connectivity index (χ1n) is 8.45. The third-order valence-electron chi connectivity index (χ3n) is 4.44. The molecular weight excluding hydrogens is 368 g/mol. The lowest BCUT2D eigenvalue weighted by molar-refractivity contribution is -0.120. The first kappa shape index (κ1) is 19.2. The van der Waals surface area contributed by atoms with Crippen molar-refractivity contribution in [3.8, 4) is 0 Å². The van der Waals surface area contributed by atoms with Gasteiger partial charge in [-0.3, -0.25) is 14.4 Å². The molecule has 1 heterocycles. The first-order valence-corrected chi connectivity index (χ1v) is 8.45. The van der Waals surface area contributed by atoms with E-state index in [-0.39, 0.29) is 12.0 Å². The second-order valence-electron chi connectivity index (χ2n) is 6.33. The van der Waals surface area contributed by atoms with Gasteiger partial charge >= 0.3 is 0 Å². The van der Waals surface area contributed by atoms with Gasteiger partial charge in [0, 0.05) is 28.7 Å². The van der Waals surface area contributed by atoms with Crippen LogP contribution in [-0.2, 0) is 16.0 Å². The minimum Gasteiger partial charge on any atom is -0.368 e. The lowest BCUT2D eigenvalue weighted by Gasteiger charge is -2.14. The molecule has 0 radical (unpaired) electrons. The third-order valence-corrected chi connectivity index (χ3v) is 4.44. The van der Waals surface area contributed by atoms with Crippen LogP contribution in [0.4, 0.5) is 14.5 Å². The molecule has 1 atom stereocenters. The van der Waals surface area contributed by atoms with E-state index in [0.29, 0.717) is 22.5 Å². The number of amides is 2. The smallest absolute Gasteiger partial charge is 0.259 e. The molecule has 144 valence electrons. The maximum absolute atomic E-state index is 13.7. The van der Waals surface area contributed by atoms with E-state index in [1.165, 1.54) is 23.8 Å². The molecule has 3 rings (SSSR count). The van der Waals surface area contributed by atoms with Gasteiger partial charge in [0.25, 0.3) is 5.56 Å². The van der Waals surface area contributed by atoms with Crippen molar-refractivity contribution in [1.29, 1.82) is 0 Å². The Morgan fingerprint density at radius 3 is 2.57 bits per heavy atom. The van der Waals surface area contributed by atoms with Crippen LogP contribution in [0.15, 0.2) is 53.5 Å². The quantitative estimate of drug-likeness (QED) is 0.707. The van der Waals surface area contributed by atoms with E-state index in [0.717, 1.165) is 6.07 Å². The molecule has 0 aliphatic rings. The number of halogens is 2. The van der Waals surface area contributed by atoms with Gasteiger partial charge in [0.05, 0.1) is 6.42 Å². The second kappa shape index (κ2) is 7.59. The molecule has 8 heteroatoms. The van der Waals surface area contributed by atoms with E-state index >= 15 is 0 Å². The van der Waals surface area contributed by atoms with Gasteiger partial charge in [0.15, 0.2) is 0 Å². The molecule has 0 fully saturated rings. The Balaban J connectivity index is 1.91. The normalized spacial score (nSPS) is 12.0. The molecule has 2 amide bonds. The predicted octanol–water partition coefficient (Wildman–Crippen LogP) is 2.51. The summed E-state index contributed by atoms with van der Waals surface area (Å²) < 4.78 is 27.9. The van der Waals surface area contributed by atoms with Crippen LogP contribution < -0.4 is 16.6 Å². The second-order valence-corrected chi connectivity index (χ2v) is 6.33. The van der Waals surface area contributed by atoms with Crippen LogP contribution in [0.3, 0.4) is 0 Å². The number of aromatic nitrogens is 1. The molecule has 1 aromatic heterocycles. The summed E-state index contributed by atoms with van der Waals surface area (Å²) in [5.41, 5.74) is 5.25. The van der Waals surface area contributed by atoms with Crippen molar-refractivity contribution in [3.63, 3.8) is 0 Å². The number of hydrogen-bond donors (Lipinski definition) is 2. The van der Waals surface area contributed by atoms with Crippen molar-refractivity contribution >= 4 is 28.3 Å². The van der Waals surface area contributed by atoms with Crippen molar-refractivity contribution < 1.29 is 18.4 Å². The van der Waals surface area contributed by atoms with Gasteiger partial charge in [-0.2, -0.15) is 0 Å². The van der Waals surface area contributed by atoms with E-state index in [4.69, 9.17) is 5.73 Å². The first-order chi connectivity index (χ1) is 13.3. The Kier molecular flexibility index (Phi) is 5.21. The number of rotatable bonds is 5. The van der Waals surface area contributed by atoms with Gasteiger partial charge < -0.3 is 15.6 Å². The Hall–Kier alpha value is -3.55. The number of pyridine rings is 1. The van der Waals surface area contributed by atoms with Gasteiger partial charge in [-0.15, -0.1) is 0 Å². The van der Waals surface area contributed by atoms with Crippen molar-refractivity contribution in [2.45, 2.75) is 19.4 Å². The molecule has 6 nitrogen and oxygen atoms in total. The number of carbonyl (C=O) groups excluding carboxylic acids is 2. The summed E-state index contributed by atoms with van der Waals surface area (Å²) in [4.78, 5) is 36.3. The van der Waals surface area contributed by atoms with E-state index in [1.807, 2.05) is 0 Å². The van der Waals surface area contributed by atoms with Crippen molar-refractivity contribution in [3.05, 3.63) is 76.2 Å². The molecule has 0 saturated carbocycles. The zero-order chi connectivity index (χ0) is 20.4. The highest BCUT2D eigenvalue weighted by Gasteiger charge is 2.16. The van der Waals surface area contributed by atoms with Gasteiger partial charge in [0.2, 0.25) is 11.8 Å². The standard InChI is InChI=1S/C20H17F2N3O3/c1-11(19(23)27)25-8-7-14-15(20(25)28)3-2-4-17(14)24-18(26)9-12-5-6-13(21)10-16(12)22/h2-8,10-11H,9H2,1H3,(H2,23,27)(H,24,26). The summed E-state index contributed by atoms with van der Waals surface area (Å²) in [7, 11) is 0. The van der Waals surface area contributed by atoms with Crippen LogP contribution in [0.1, 0.15) is 18.5 Å². The number of benzene rings is 2. The lowest BCUT2D eigenvalue weighted by Crippen LogP contribution is -2.31. The summed E-state index contributed by atoms with van der Waals surface area (Å²) in [6.07, 6.45) is 1.13. The van der Waals surface area contributed by atoms with E-state index in [9.17, 15) is 23.2 Å². The number of hydrogen-bond acceptors (Lipinski definition) is 3. The molecule has 28 heavy (non-hydrogen) atoms. The van der Waals surface area contributed by atoms with E-state index < -0.39 is 35.0 Å². The molecular formula is C20H17F2N3O3. The highest BCUT2D eigenvalue weighted by atomic mass is 19.1. The number of nitrogens with two attached hydrogens (primary N) is 1. The van der Waals surface area contributed by atoms with E-state index in [1.54, 1.807) is 24.3 Å². The number of nitrogens with one attached hydrogen (secondary N) is 1. The van der Waals surface area contributed by atoms with Gasteiger partial charge in [-0.1, -0.05) is 12.1 Å². The summed E-state index contributed by atoms with van der Waals surface area (Å²) in [6.45, 7) is 1.51. The van der Waals surface area contributed by atoms with Crippen LogP contribution in [0.2, 0.25) is 0 Å². The number of primary amides is 1. The van der Waals surface area contributed by atoms with Crippen molar-refractivity contribution in [2.75, 3.05) is 5.32 Å². The van der Waals surface area contributed by atoms with Crippen LogP contribution in [0.25, 0.3) is 10.8 Å². The van der Waals surface area contributed by atoms with Crippen molar-refractivity contribution in [1.82, 2.24) is 4.57 Å². The van der Waals surface area contributed by atoms with Gasteiger partial charge in [0.1, 0.15) is 17.7 Å². The summed E-state index contributed by atoms with van der Waals surface area (Å²) >= 11 is 0. The minimum absolute atomic E-state index is 0.0526. The average molecular weight is 385 g/mol. The van der Waals surface area contributed by atoms with Crippen LogP contribution in [0, 0.1) is 11.6 Å². The van der Waals surface area contributed by atoms with Crippen molar-refractivity contribution in [2.24, 2.45) is 5.73 Å². The zero-order valence-electron chi connectivity index (χ0n) is 14.9. The van der Waals surface area contributed by atoms with Gasteiger partial charge in [-0.25, -0.2) is 8.78 Å². The van der Waals surface area contributed by atoms with Crippen LogP contribution in [0.5, 0.6) is 0 Å². The highest BCUT2D eigenvalue weighted by Crippen LogP contribution is 2.22. The number of carbonyl (C=O) groups is 2. The fourth-order valence-electron chi connectivity index (χ4n) is 2.88. The molecule has 0 saturated heterocycles. The average Bonchev–Trinajstić information content (AvgIpc) is 2.64. The molecule has 0 aliphatic heterocycles. The molecule has 3 aromatic rings. The molecule has 0 bridgehead atoms. The summed E-state index contributed by atoms with van der Waals surface area (Å²) in [5, 5.41) is 3.39. The molecule has 2 aromatic carbocycles. The molecule has 3 N–H and O–H groups in total. The predicted molar refractivity (Wildman–Crippen MR) is 101 cm³/mol. The number of nitrogens with zero attached hydrogens (tertiary/aromatic N) is 1. The maximum atomic E-state index is 13.7. The SMILES string of the molecule is CC(C(N)=O)n1ccc2c(NC(=O)Cc3ccc(F)cc3F)cccc2c1=O. The summed E-state index contributed by atoms with van der Waals surface area (Å²) in [6, 6.07) is 8.50. The van der Waals surface area contributed by atoms with Crippen LogP contribution in [-0.4, -0.2) is 16.4 Å². The fourth-order valence-corrected chi connectivity index (χ4v) is 2.88. The lowest BCUT2D eigenvalue weighted by atomic mass is 10.1. The Labute approximate surface area is 158 Å². The summed E-state index contributed by atoms with van der Waals surface area (Å²) in [5.74, 6) is -2.70. The Morgan fingerprint density at radius 2 is 1.89 bits per heavy atom. The Morgan fingerprint density at radius 1 is 1.14 bits per heavy atom. The molecule has 1 unspecified atom stereocenters. The van der Waals surface area contributed by atoms with E-state index in [2.05, 4.69) is 5.32 Å². The fraction of sp³-hybridized carbons (Fsp3) is 0.150. The zero-order valence-corrected chi connectivity index (χ0v) is 14.9. The maximum Gasteiger partial charge on any atom is 0.259 e. The highest BCUT2D eigenvalue weighted by molar-refractivity contribution is 6.02. The largest absolute Gasteiger partial charge is 0.368 e. The Bertz CT molecular complexity index is 1140. The topological polar surface area (TPSA) is 94.2 Å². The molecule has 0 spiro atoms. The minimum atomic E-state index is -0.823. The van der Waals surface area contributed by atoms with Gasteiger partial charge in [-0.05, 0) is 36.8 Å².